The number of hydrogen-bond acceptors (Lipinski definition) is 3. The fourth-order valence-electron chi connectivity index (χ4n) is 1.57. The summed E-state index contributed by atoms with van der Waals surface area (Å²) in [5, 5.41) is 1.90. The van der Waals surface area contributed by atoms with Crippen molar-refractivity contribution in [3.63, 3.8) is 0 Å². The summed E-state index contributed by atoms with van der Waals surface area (Å²) in [6.45, 7) is 0.683. The number of carbonyl (C=O) groups is 1. The number of thiophene rings is 1. The number of nitrogens with zero attached hydrogens (tertiary/aromatic N) is 2. The quantitative estimate of drug-likeness (QED) is 0.773. The van der Waals surface area contributed by atoms with Gasteiger partial charge in [0.1, 0.15) is 0 Å². The fourth-order valence-corrected chi connectivity index (χ4v) is 2.89. The van der Waals surface area contributed by atoms with E-state index in [9.17, 15) is 4.79 Å². The van der Waals surface area contributed by atoms with Gasteiger partial charge >= 0.3 is 0 Å². The molecule has 0 aromatic carbocycles. The molecule has 2 heterocycles. The lowest BCUT2D eigenvalue weighted by Gasteiger charge is -2.15. The predicted molar refractivity (Wildman–Crippen MR) is 81.9 cm³/mol. The Bertz CT molecular complexity index is 527. The molecule has 0 bridgehead atoms. The minimum Gasteiger partial charge on any atom is -0.341 e. The van der Waals surface area contributed by atoms with Crippen molar-refractivity contribution in [1.82, 2.24) is 9.88 Å². The van der Waals surface area contributed by atoms with Crippen LogP contribution in [0.2, 0.25) is 0 Å². The van der Waals surface area contributed by atoms with Crippen LogP contribution in [0, 0.1) is 2.88 Å². The molecule has 0 fully saturated rings. The van der Waals surface area contributed by atoms with E-state index in [0.29, 0.717) is 6.54 Å². The molecule has 2 aromatic heterocycles. The second kappa shape index (κ2) is 6.29. The number of carbonyl (C=O) groups excluding carboxylic acids is 1. The molecule has 2 rings (SSSR count). The van der Waals surface area contributed by atoms with Gasteiger partial charge in [0.05, 0.1) is 8.45 Å². The van der Waals surface area contributed by atoms with Crippen molar-refractivity contribution in [3.8, 4) is 0 Å². The molecule has 0 aliphatic rings. The van der Waals surface area contributed by atoms with E-state index < -0.39 is 0 Å². The highest BCUT2D eigenvalue weighted by Gasteiger charge is 2.13. The van der Waals surface area contributed by atoms with E-state index in [1.807, 2.05) is 36.7 Å². The van der Waals surface area contributed by atoms with Gasteiger partial charge in [-0.2, -0.15) is 0 Å². The summed E-state index contributed by atoms with van der Waals surface area (Å²) in [7, 11) is 1.83. The van der Waals surface area contributed by atoms with Gasteiger partial charge in [0.2, 0.25) is 0 Å². The smallest absolute Gasteiger partial charge is 0.254 e. The molecule has 18 heavy (non-hydrogen) atoms. The van der Waals surface area contributed by atoms with Crippen LogP contribution >= 0.6 is 33.9 Å². The summed E-state index contributed by atoms with van der Waals surface area (Å²) in [4.78, 5) is 18.1. The van der Waals surface area contributed by atoms with E-state index in [1.165, 1.54) is 0 Å². The molecule has 94 valence electrons. The molecular weight excluding hydrogens is 359 g/mol. The Morgan fingerprint density at radius 2 is 2.33 bits per heavy atom. The Hall–Kier alpha value is -0.950. The molecule has 0 spiro atoms. The van der Waals surface area contributed by atoms with Gasteiger partial charge in [-0.1, -0.05) is 6.07 Å². The number of rotatable bonds is 4. The van der Waals surface area contributed by atoms with Crippen molar-refractivity contribution in [2.24, 2.45) is 0 Å². The largest absolute Gasteiger partial charge is 0.341 e. The highest BCUT2D eigenvalue weighted by molar-refractivity contribution is 14.1. The van der Waals surface area contributed by atoms with Gasteiger partial charge < -0.3 is 4.90 Å². The minimum absolute atomic E-state index is 0.0742. The SMILES string of the molecule is CN(CCc1ccccn1)C(=O)c1csc(I)c1. The maximum absolute atomic E-state index is 12.1. The number of hydrogen-bond donors (Lipinski definition) is 0. The van der Waals surface area contributed by atoms with Crippen molar-refractivity contribution in [3.05, 3.63) is 50.0 Å². The molecule has 0 saturated carbocycles. The van der Waals surface area contributed by atoms with Crippen molar-refractivity contribution >= 4 is 39.8 Å². The Morgan fingerprint density at radius 3 is 2.94 bits per heavy atom. The summed E-state index contributed by atoms with van der Waals surface area (Å²) >= 11 is 3.82. The zero-order valence-corrected chi connectivity index (χ0v) is 12.9. The Labute approximate surface area is 124 Å². The van der Waals surface area contributed by atoms with Gasteiger partial charge in [-0.15, -0.1) is 11.3 Å². The summed E-state index contributed by atoms with van der Waals surface area (Å²) in [5.74, 6) is 0.0742. The highest BCUT2D eigenvalue weighted by atomic mass is 127. The number of aromatic nitrogens is 1. The van der Waals surface area contributed by atoms with Crippen LogP contribution in [-0.4, -0.2) is 29.4 Å². The van der Waals surface area contributed by atoms with Crippen LogP contribution in [-0.2, 0) is 6.42 Å². The molecule has 0 unspecified atom stereocenters. The summed E-state index contributed by atoms with van der Waals surface area (Å²) in [5.41, 5.74) is 1.78. The monoisotopic (exact) mass is 372 g/mol. The highest BCUT2D eigenvalue weighted by Crippen LogP contribution is 2.17. The molecule has 0 saturated heterocycles. The molecule has 0 radical (unpaired) electrons. The first-order valence-electron chi connectivity index (χ1n) is 5.56. The van der Waals surface area contributed by atoms with Crippen LogP contribution < -0.4 is 0 Å². The van der Waals surface area contributed by atoms with E-state index in [0.717, 1.165) is 20.6 Å². The Morgan fingerprint density at radius 1 is 1.50 bits per heavy atom. The first kappa shape index (κ1) is 13.5. The van der Waals surface area contributed by atoms with E-state index in [4.69, 9.17) is 0 Å². The molecule has 5 heteroatoms. The lowest BCUT2D eigenvalue weighted by atomic mass is 10.2. The van der Waals surface area contributed by atoms with Crippen molar-refractivity contribution in [1.29, 1.82) is 0 Å². The van der Waals surface area contributed by atoms with Gasteiger partial charge in [0, 0.05) is 37.3 Å². The van der Waals surface area contributed by atoms with Crippen LogP contribution in [0.25, 0.3) is 0 Å². The molecule has 3 nitrogen and oxygen atoms in total. The lowest BCUT2D eigenvalue weighted by Crippen LogP contribution is -2.28. The van der Waals surface area contributed by atoms with Gasteiger partial charge in [-0.3, -0.25) is 9.78 Å². The average molecular weight is 372 g/mol. The molecule has 1 amide bonds. The number of likely N-dealkylation sites (N-methyl/N-ethyl adjacent to an activating group) is 1. The second-order valence-corrected chi connectivity index (χ2v) is 6.74. The van der Waals surface area contributed by atoms with Gasteiger partial charge in [-0.25, -0.2) is 0 Å². The third-order valence-corrected chi connectivity index (χ3v) is 4.38. The van der Waals surface area contributed by atoms with Crippen LogP contribution in [0.1, 0.15) is 16.1 Å². The van der Waals surface area contributed by atoms with E-state index in [-0.39, 0.29) is 5.91 Å². The van der Waals surface area contributed by atoms with E-state index in [2.05, 4.69) is 27.6 Å². The van der Waals surface area contributed by atoms with Crippen LogP contribution in [0.5, 0.6) is 0 Å². The van der Waals surface area contributed by atoms with Gasteiger partial charge in [0.25, 0.3) is 5.91 Å². The molecule has 0 N–H and O–H groups in total. The second-order valence-electron chi connectivity index (χ2n) is 3.94. The summed E-state index contributed by atoms with van der Waals surface area (Å²) < 4.78 is 1.13. The standard InChI is InChI=1S/C13H13IN2OS/c1-16(7-5-11-4-2-3-6-15-11)13(17)10-8-12(14)18-9-10/h2-4,6,8-9H,5,7H2,1H3. The lowest BCUT2D eigenvalue weighted by molar-refractivity contribution is 0.0797. The summed E-state index contributed by atoms with van der Waals surface area (Å²) in [6, 6.07) is 7.76. The van der Waals surface area contributed by atoms with Crippen LogP contribution in [0.4, 0.5) is 0 Å². The molecule has 0 aliphatic carbocycles. The minimum atomic E-state index is 0.0742. The number of pyridine rings is 1. The Kier molecular flexibility index (Phi) is 4.71. The van der Waals surface area contributed by atoms with Crippen molar-refractivity contribution in [2.75, 3.05) is 13.6 Å². The maximum Gasteiger partial charge on any atom is 0.254 e. The van der Waals surface area contributed by atoms with E-state index >= 15 is 0 Å². The van der Waals surface area contributed by atoms with Gasteiger partial charge in [0.15, 0.2) is 0 Å². The first-order chi connectivity index (χ1) is 8.66. The molecular formula is C13H13IN2OS. The Balaban J connectivity index is 1.92. The topological polar surface area (TPSA) is 33.2 Å². The van der Waals surface area contributed by atoms with Gasteiger partial charge in [-0.05, 0) is 40.8 Å². The third kappa shape index (κ3) is 3.52. The molecule has 0 atom stereocenters. The zero-order valence-electron chi connectivity index (χ0n) is 9.97. The third-order valence-electron chi connectivity index (χ3n) is 2.59. The fraction of sp³-hybridized carbons (Fsp3) is 0.231. The first-order valence-corrected chi connectivity index (χ1v) is 7.52. The van der Waals surface area contributed by atoms with E-state index in [1.54, 1.807) is 22.4 Å². The molecule has 0 aliphatic heterocycles. The summed E-state index contributed by atoms with van der Waals surface area (Å²) in [6.07, 6.45) is 2.56. The van der Waals surface area contributed by atoms with Crippen LogP contribution in [0.15, 0.2) is 35.8 Å². The van der Waals surface area contributed by atoms with Crippen molar-refractivity contribution < 1.29 is 4.79 Å². The number of amides is 1. The van der Waals surface area contributed by atoms with Crippen molar-refractivity contribution in [2.45, 2.75) is 6.42 Å². The molecule has 2 aromatic rings. The predicted octanol–water partition coefficient (Wildman–Crippen LogP) is 3.06. The average Bonchev–Trinajstić information content (AvgIpc) is 2.83. The maximum atomic E-state index is 12.1. The zero-order chi connectivity index (χ0) is 13.0. The number of halogens is 1. The van der Waals surface area contributed by atoms with Crippen LogP contribution in [0.3, 0.4) is 0 Å². The normalized spacial score (nSPS) is 10.3.